The van der Waals surface area contributed by atoms with Crippen molar-refractivity contribution in [1.82, 2.24) is 4.90 Å². The van der Waals surface area contributed by atoms with Crippen LogP contribution in [0.25, 0.3) is 0 Å². The lowest BCUT2D eigenvalue weighted by Gasteiger charge is -2.17. The Morgan fingerprint density at radius 1 is 1.03 bits per heavy atom. The second kappa shape index (κ2) is 10.1. The highest BCUT2D eigenvalue weighted by Gasteiger charge is 2.17. The zero-order valence-electron chi connectivity index (χ0n) is 16.5. The van der Waals surface area contributed by atoms with Crippen molar-refractivity contribution >= 4 is 23.2 Å². The third-order valence-electron chi connectivity index (χ3n) is 3.88. The number of nitrogens with one attached hydrogen (secondary N) is 1. The summed E-state index contributed by atoms with van der Waals surface area (Å²) in [6.45, 7) is 4.46. The molecule has 2 rings (SSSR count). The molecule has 154 valence electrons. The first kappa shape index (κ1) is 21.7. The molecule has 0 saturated carbocycles. The SMILES string of the molecule is CCOc1ccc(NC(=O)CN(C)C(=O)c2ccc([N+](=O)[O-])cc2)cc1OCC. The summed E-state index contributed by atoms with van der Waals surface area (Å²) in [4.78, 5) is 36.1. The first-order valence-electron chi connectivity index (χ1n) is 9.05. The fourth-order valence-corrected chi connectivity index (χ4v) is 2.56. The van der Waals surface area contributed by atoms with Crippen LogP contribution in [-0.2, 0) is 4.79 Å². The molecule has 0 unspecified atom stereocenters. The summed E-state index contributed by atoms with van der Waals surface area (Å²) in [5, 5.41) is 13.4. The number of hydrogen-bond donors (Lipinski definition) is 1. The van der Waals surface area contributed by atoms with E-state index in [1.807, 2.05) is 13.8 Å². The van der Waals surface area contributed by atoms with Crippen LogP contribution >= 0.6 is 0 Å². The maximum absolute atomic E-state index is 12.4. The van der Waals surface area contributed by atoms with Crippen LogP contribution in [0, 0.1) is 10.1 Å². The normalized spacial score (nSPS) is 10.2. The number of likely N-dealkylation sites (N-methyl/N-ethyl adjacent to an activating group) is 1. The van der Waals surface area contributed by atoms with Crippen LogP contribution in [0.2, 0.25) is 0 Å². The monoisotopic (exact) mass is 401 g/mol. The number of hydrogen-bond acceptors (Lipinski definition) is 6. The Morgan fingerprint density at radius 2 is 1.66 bits per heavy atom. The molecule has 0 spiro atoms. The highest BCUT2D eigenvalue weighted by molar-refractivity contribution is 5.99. The zero-order chi connectivity index (χ0) is 21.4. The van der Waals surface area contributed by atoms with Gasteiger partial charge in [-0.2, -0.15) is 0 Å². The van der Waals surface area contributed by atoms with Crippen LogP contribution in [0.5, 0.6) is 11.5 Å². The lowest BCUT2D eigenvalue weighted by Crippen LogP contribution is -2.34. The third-order valence-corrected chi connectivity index (χ3v) is 3.88. The molecule has 2 aromatic carbocycles. The standard InChI is InChI=1S/C20H23N3O6/c1-4-28-17-11-8-15(12-18(17)29-5-2)21-19(24)13-22(3)20(25)14-6-9-16(10-7-14)23(26)27/h6-12H,4-5,13H2,1-3H3,(H,21,24). The largest absolute Gasteiger partial charge is 0.490 e. The minimum Gasteiger partial charge on any atom is -0.490 e. The lowest BCUT2D eigenvalue weighted by molar-refractivity contribution is -0.384. The van der Waals surface area contributed by atoms with Gasteiger partial charge in [0.25, 0.3) is 11.6 Å². The Bertz CT molecular complexity index is 882. The number of rotatable bonds is 9. The fourth-order valence-electron chi connectivity index (χ4n) is 2.56. The van der Waals surface area contributed by atoms with E-state index in [1.54, 1.807) is 18.2 Å². The van der Waals surface area contributed by atoms with Gasteiger partial charge in [-0.3, -0.25) is 19.7 Å². The molecule has 29 heavy (non-hydrogen) atoms. The van der Waals surface area contributed by atoms with Gasteiger partial charge in [-0.1, -0.05) is 0 Å². The van der Waals surface area contributed by atoms with E-state index in [0.717, 1.165) is 0 Å². The van der Waals surface area contributed by atoms with Gasteiger partial charge >= 0.3 is 0 Å². The number of carbonyl (C=O) groups excluding carboxylic acids is 2. The molecule has 0 saturated heterocycles. The van der Waals surface area contributed by atoms with Crippen LogP contribution in [0.4, 0.5) is 11.4 Å². The first-order chi connectivity index (χ1) is 13.8. The lowest BCUT2D eigenvalue weighted by atomic mass is 10.2. The number of benzene rings is 2. The molecule has 0 radical (unpaired) electrons. The van der Waals surface area contributed by atoms with Crippen molar-refractivity contribution in [2.24, 2.45) is 0 Å². The number of nitro groups is 1. The van der Waals surface area contributed by atoms with Crippen molar-refractivity contribution in [1.29, 1.82) is 0 Å². The van der Waals surface area contributed by atoms with Gasteiger partial charge in [0.1, 0.15) is 0 Å². The van der Waals surface area contributed by atoms with Crippen LogP contribution in [0.1, 0.15) is 24.2 Å². The average molecular weight is 401 g/mol. The van der Waals surface area contributed by atoms with Crippen LogP contribution in [0.15, 0.2) is 42.5 Å². The second-order valence-corrected chi connectivity index (χ2v) is 6.04. The van der Waals surface area contributed by atoms with Gasteiger partial charge in [0.2, 0.25) is 5.91 Å². The molecule has 0 atom stereocenters. The molecule has 0 aliphatic rings. The van der Waals surface area contributed by atoms with Crippen molar-refractivity contribution < 1.29 is 24.0 Å². The van der Waals surface area contributed by atoms with Gasteiger partial charge in [-0.25, -0.2) is 0 Å². The molecule has 9 heteroatoms. The molecule has 9 nitrogen and oxygen atoms in total. The summed E-state index contributed by atoms with van der Waals surface area (Å²) in [6, 6.07) is 10.3. The van der Waals surface area contributed by atoms with Gasteiger partial charge < -0.3 is 19.7 Å². The molecular weight excluding hydrogens is 378 g/mol. The summed E-state index contributed by atoms with van der Waals surface area (Å²) in [5.41, 5.74) is 0.659. The molecule has 0 bridgehead atoms. The minimum atomic E-state index is -0.543. The highest BCUT2D eigenvalue weighted by atomic mass is 16.6. The molecule has 0 aromatic heterocycles. The molecule has 2 amide bonds. The third kappa shape index (κ3) is 5.93. The Morgan fingerprint density at radius 3 is 2.24 bits per heavy atom. The summed E-state index contributed by atoms with van der Waals surface area (Å²) < 4.78 is 11.0. The number of anilines is 1. The topological polar surface area (TPSA) is 111 Å². The molecule has 0 fully saturated rings. The number of non-ortho nitro benzene ring substituents is 1. The van der Waals surface area contributed by atoms with E-state index in [1.165, 1.54) is 36.2 Å². The Balaban J connectivity index is 2.01. The number of amides is 2. The van der Waals surface area contributed by atoms with Gasteiger partial charge in [0.15, 0.2) is 11.5 Å². The molecule has 2 aromatic rings. The van der Waals surface area contributed by atoms with Crippen molar-refractivity contribution in [2.75, 3.05) is 32.1 Å². The fraction of sp³-hybridized carbons (Fsp3) is 0.300. The quantitative estimate of drug-likeness (QED) is 0.510. The van der Waals surface area contributed by atoms with E-state index in [0.29, 0.717) is 30.4 Å². The minimum absolute atomic E-state index is 0.109. The Kier molecular flexibility index (Phi) is 7.53. The van der Waals surface area contributed by atoms with Crippen molar-refractivity contribution in [3.8, 4) is 11.5 Å². The van der Waals surface area contributed by atoms with Crippen molar-refractivity contribution in [2.45, 2.75) is 13.8 Å². The average Bonchev–Trinajstić information content (AvgIpc) is 2.69. The van der Waals surface area contributed by atoms with E-state index in [9.17, 15) is 19.7 Å². The molecule has 0 aliphatic carbocycles. The Hall–Kier alpha value is -3.62. The van der Waals surface area contributed by atoms with Gasteiger partial charge in [0.05, 0.1) is 24.7 Å². The van der Waals surface area contributed by atoms with E-state index in [4.69, 9.17) is 9.47 Å². The number of nitrogens with zero attached hydrogens (tertiary/aromatic N) is 2. The van der Waals surface area contributed by atoms with E-state index in [-0.39, 0.29) is 17.8 Å². The maximum Gasteiger partial charge on any atom is 0.269 e. The summed E-state index contributed by atoms with van der Waals surface area (Å²) in [6.07, 6.45) is 0. The van der Waals surface area contributed by atoms with E-state index >= 15 is 0 Å². The van der Waals surface area contributed by atoms with Crippen molar-refractivity contribution in [3.63, 3.8) is 0 Å². The Labute approximate surface area is 168 Å². The maximum atomic E-state index is 12.4. The van der Waals surface area contributed by atoms with Gasteiger partial charge in [0, 0.05) is 36.5 Å². The smallest absolute Gasteiger partial charge is 0.269 e. The number of ether oxygens (including phenoxy) is 2. The van der Waals surface area contributed by atoms with Crippen LogP contribution < -0.4 is 14.8 Å². The predicted octanol–water partition coefficient (Wildman–Crippen LogP) is 3.10. The second-order valence-electron chi connectivity index (χ2n) is 6.04. The van der Waals surface area contributed by atoms with Crippen LogP contribution in [-0.4, -0.2) is 48.4 Å². The summed E-state index contributed by atoms with van der Waals surface area (Å²) in [7, 11) is 1.48. The summed E-state index contributed by atoms with van der Waals surface area (Å²) in [5.74, 6) is 0.284. The van der Waals surface area contributed by atoms with E-state index < -0.39 is 16.7 Å². The zero-order valence-corrected chi connectivity index (χ0v) is 16.5. The molecule has 1 N–H and O–H groups in total. The summed E-state index contributed by atoms with van der Waals surface area (Å²) >= 11 is 0. The van der Waals surface area contributed by atoms with Gasteiger partial charge in [-0.05, 0) is 38.1 Å². The van der Waals surface area contributed by atoms with Crippen molar-refractivity contribution in [3.05, 3.63) is 58.1 Å². The number of nitro benzene ring substituents is 1. The van der Waals surface area contributed by atoms with E-state index in [2.05, 4.69) is 5.32 Å². The highest BCUT2D eigenvalue weighted by Crippen LogP contribution is 2.30. The number of carbonyl (C=O) groups is 2. The van der Waals surface area contributed by atoms with Gasteiger partial charge in [-0.15, -0.1) is 0 Å². The predicted molar refractivity (Wildman–Crippen MR) is 107 cm³/mol. The molecule has 0 heterocycles. The first-order valence-corrected chi connectivity index (χ1v) is 9.05. The van der Waals surface area contributed by atoms with Crippen LogP contribution in [0.3, 0.4) is 0 Å². The molecule has 0 aliphatic heterocycles. The molecular formula is C20H23N3O6.